The number of anilines is 1. The lowest BCUT2D eigenvalue weighted by Crippen LogP contribution is -2.38. The third-order valence-electron chi connectivity index (χ3n) is 4.90. The summed E-state index contributed by atoms with van der Waals surface area (Å²) in [4.78, 5) is 14.7. The monoisotopic (exact) mass is 369 g/mol. The summed E-state index contributed by atoms with van der Waals surface area (Å²) in [5, 5.41) is 3.10. The van der Waals surface area contributed by atoms with Crippen LogP contribution in [0.3, 0.4) is 0 Å². The van der Waals surface area contributed by atoms with Crippen molar-refractivity contribution < 1.29 is 9.53 Å². The SMILES string of the molecule is CCN(CC)C(CNC(=O)CCc1ccccc1N)c1cccc(OC)c1. The van der Waals surface area contributed by atoms with Gasteiger partial charge in [0, 0.05) is 18.7 Å². The zero-order chi connectivity index (χ0) is 19.6. The Balaban J connectivity index is 2.00. The van der Waals surface area contributed by atoms with Gasteiger partial charge in [0.2, 0.25) is 5.91 Å². The number of nitrogens with two attached hydrogens (primary N) is 1. The smallest absolute Gasteiger partial charge is 0.220 e. The molecule has 27 heavy (non-hydrogen) atoms. The minimum atomic E-state index is 0.0401. The lowest BCUT2D eigenvalue weighted by Gasteiger charge is -2.30. The van der Waals surface area contributed by atoms with Crippen molar-refractivity contribution >= 4 is 11.6 Å². The Morgan fingerprint density at radius 2 is 1.89 bits per heavy atom. The highest BCUT2D eigenvalue weighted by Crippen LogP contribution is 2.24. The molecule has 0 fully saturated rings. The number of rotatable bonds is 10. The molecule has 2 rings (SSSR count). The highest BCUT2D eigenvalue weighted by atomic mass is 16.5. The van der Waals surface area contributed by atoms with Crippen LogP contribution in [0.15, 0.2) is 48.5 Å². The van der Waals surface area contributed by atoms with Gasteiger partial charge in [-0.15, -0.1) is 0 Å². The number of hydrogen-bond donors (Lipinski definition) is 2. The Kier molecular flexibility index (Phi) is 8.14. The normalized spacial score (nSPS) is 12.0. The number of para-hydroxylation sites is 1. The summed E-state index contributed by atoms with van der Waals surface area (Å²) < 4.78 is 5.36. The Bertz CT molecular complexity index is 729. The van der Waals surface area contributed by atoms with Crippen molar-refractivity contribution in [3.63, 3.8) is 0 Å². The maximum absolute atomic E-state index is 12.4. The quantitative estimate of drug-likeness (QED) is 0.630. The molecule has 0 heterocycles. The minimum absolute atomic E-state index is 0.0401. The van der Waals surface area contributed by atoms with Crippen molar-refractivity contribution in [1.29, 1.82) is 0 Å². The lowest BCUT2D eigenvalue weighted by molar-refractivity contribution is -0.121. The van der Waals surface area contributed by atoms with Crippen molar-refractivity contribution in [3.05, 3.63) is 59.7 Å². The van der Waals surface area contributed by atoms with Crippen LogP contribution in [-0.4, -0.2) is 37.6 Å². The second kappa shape index (κ2) is 10.6. The molecule has 1 amide bonds. The zero-order valence-corrected chi connectivity index (χ0v) is 16.6. The number of nitrogens with one attached hydrogen (secondary N) is 1. The summed E-state index contributed by atoms with van der Waals surface area (Å²) in [5.74, 6) is 0.869. The number of aryl methyl sites for hydroxylation is 1. The molecule has 1 unspecified atom stereocenters. The molecule has 0 saturated heterocycles. The molecule has 0 radical (unpaired) electrons. The number of nitrogens with zero attached hydrogens (tertiary/aromatic N) is 1. The van der Waals surface area contributed by atoms with E-state index in [0.717, 1.165) is 35.7 Å². The third-order valence-corrected chi connectivity index (χ3v) is 4.90. The Morgan fingerprint density at radius 1 is 1.15 bits per heavy atom. The van der Waals surface area contributed by atoms with Crippen molar-refractivity contribution in [3.8, 4) is 5.75 Å². The van der Waals surface area contributed by atoms with Crippen LogP contribution in [0, 0.1) is 0 Å². The van der Waals surface area contributed by atoms with Gasteiger partial charge in [-0.2, -0.15) is 0 Å². The molecule has 2 aromatic carbocycles. The maximum atomic E-state index is 12.4. The number of benzene rings is 2. The fourth-order valence-corrected chi connectivity index (χ4v) is 3.28. The Labute approximate surface area is 162 Å². The van der Waals surface area contributed by atoms with Crippen LogP contribution in [0.5, 0.6) is 5.75 Å². The van der Waals surface area contributed by atoms with Gasteiger partial charge in [0.25, 0.3) is 0 Å². The van der Waals surface area contributed by atoms with Gasteiger partial charge in [-0.05, 0) is 48.8 Å². The van der Waals surface area contributed by atoms with E-state index in [2.05, 4.69) is 30.1 Å². The molecule has 5 heteroatoms. The van der Waals surface area contributed by atoms with E-state index in [1.165, 1.54) is 0 Å². The van der Waals surface area contributed by atoms with Crippen LogP contribution in [0.25, 0.3) is 0 Å². The van der Waals surface area contributed by atoms with Crippen LogP contribution >= 0.6 is 0 Å². The maximum Gasteiger partial charge on any atom is 0.220 e. The summed E-state index contributed by atoms with van der Waals surface area (Å²) in [5.41, 5.74) is 8.86. The van der Waals surface area contributed by atoms with Gasteiger partial charge in [0.1, 0.15) is 5.75 Å². The number of methoxy groups -OCH3 is 1. The molecule has 2 aromatic rings. The predicted molar refractivity (Wildman–Crippen MR) is 111 cm³/mol. The molecule has 0 saturated carbocycles. The molecule has 5 nitrogen and oxygen atoms in total. The van der Waals surface area contributed by atoms with Gasteiger partial charge >= 0.3 is 0 Å². The highest BCUT2D eigenvalue weighted by molar-refractivity contribution is 5.76. The minimum Gasteiger partial charge on any atom is -0.497 e. The first-order valence-electron chi connectivity index (χ1n) is 9.57. The van der Waals surface area contributed by atoms with E-state index in [1.54, 1.807) is 7.11 Å². The van der Waals surface area contributed by atoms with Crippen LogP contribution in [0.2, 0.25) is 0 Å². The molecule has 0 bridgehead atoms. The first kappa shape index (κ1) is 20.8. The number of carbonyl (C=O) groups is 1. The van der Waals surface area contributed by atoms with E-state index in [-0.39, 0.29) is 11.9 Å². The number of amides is 1. The number of ether oxygens (including phenoxy) is 1. The topological polar surface area (TPSA) is 67.6 Å². The first-order chi connectivity index (χ1) is 13.1. The summed E-state index contributed by atoms with van der Waals surface area (Å²) in [6.07, 6.45) is 1.07. The Morgan fingerprint density at radius 3 is 2.56 bits per heavy atom. The van der Waals surface area contributed by atoms with E-state index in [9.17, 15) is 4.79 Å². The molecule has 0 aromatic heterocycles. The van der Waals surface area contributed by atoms with Gasteiger partial charge in [-0.3, -0.25) is 9.69 Å². The molecule has 3 N–H and O–H groups in total. The van der Waals surface area contributed by atoms with Crippen molar-refractivity contribution in [2.45, 2.75) is 32.7 Å². The van der Waals surface area contributed by atoms with Crippen molar-refractivity contribution in [2.24, 2.45) is 0 Å². The predicted octanol–water partition coefficient (Wildman–Crippen LogP) is 3.41. The average Bonchev–Trinajstić information content (AvgIpc) is 2.70. The molecule has 0 aliphatic carbocycles. The molecular formula is C22H31N3O2. The number of hydrogen-bond acceptors (Lipinski definition) is 4. The summed E-state index contributed by atoms with van der Waals surface area (Å²) in [6, 6.07) is 15.9. The molecule has 0 aliphatic rings. The second-order valence-electron chi connectivity index (χ2n) is 6.52. The molecule has 1 atom stereocenters. The number of likely N-dealkylation sites (N-methyl/N-ethyl adjacent to an activating group) is 1. The van der Waals surface area contributed by atoms with Crippen LogP contribution in [-0.2, 0) is 11.2 Å². The third kappa shape index (κ3) is 6.00. The van der Waals surface area contributed by atoms with Crippen LogP contribution in [0.1, 0.15) is 37.4 Å². The van der Waals surface area contributed by atoms with Gasteiger partial charge in [0.15, 0.2) is 0 Å². The van der Waals surface area contributed by atoms with E-state index in [4.69, 9.17) is 10.5 Å². The van der Waals surface area contributed by atoms with Gasteiger partial charge < -0.3 is 15.8 Å². The summed E-state index contributed by atoms with van der Waals surface area (Å²) >= 11 is 0. The fraction of sp³-hybridized carbons (Fsp3) is 0.409. The standard InChI is InChI=1S/C22H31N3O2/c1-4-25(5-2)21(18-10-8-11-19(15-18)27-3)16-24-22(26)14-13-17-9-6-7-12-20(17)23/h6-12,15,21H,4-5,13-14,16,23H2,1-3H3,(H,24,26). The Hall–Kier alpha value is -2.53. The van der Waals surface area contributed by atoms with E-state index in [1.807, 2.05) is 42.5 Å². The lowest BCUT2D eigenvalue weighted by atomic mass is 10.0. The average molecular weight is 370 g/mol. The summed E-state index contributed by atoms with van der Waals surface area (Å²) in [7, 11) is 1.67. The van der Waals surface area contributed by atoms with E-state index in [0.29, 0.717) is 19.4 Å². The molecular weight excluding hydrogens is 338 g/mol. The highest BCUT2D eigenvalue weighted by Gasteiger charge is 2.19. The van der Waals surface area contributed by atoms with Crippen molar-refractivity contribution in [2.75, 3.05) is 32.5 Å². The molecule has 0 aliphatic heterocycles. The van der Waals surface area contributed by atoms with E-state index >= 15 is 0 Å². The summed E-state index contributed by atoms with van der Waals surface area (Å²) in [6.45, 7) is 6.66. The van der Waals surface area contributed by atoms with Crippen LogP contribution < -0.4 is 15.8 Å². The zero-order valence-electron chi connectivity index (χ0n) is 16.6. The van der Waals surface area contributed by atoms with Gasteiger partial charge in [-0.1, -0.05) is 44.2 Å². The van der Waals surface area contributed by atoms with Crippen molar-refractivity contribution in [1.82, 2.24) is 10.2 Å². The molecule has 146 valence electrons. The second-order valence-corrected chi connectivity index (χ2v) is 6.52. The van der Waals surface area contributed by atoms with Gasteiger partial charge in [-0.25, -0.2) is 0 Å². The van der Waals surface area contributed by atoms with Crippen LogP contribution in [0.4, 0.5) is 5.69 Å². The first-order valence-corrected chi connectivity index (χ1v) is 9.57. The fourth-order valence-electron chi connectivity index (χ4n) is 3.28. The molecule has 0 spiro atoms. The van der Waals surface area contributed by atoms with E-state index < -0.39 is 0 Å². The number of carbonyl (C=O) groups excluding carboxylic acids is 1. The van der Waals surface area contributed by atoms with Gasteiger partial charge in [0.05, 0.1) is 13.2 Å². The largest absolute Gasteiger partial charge is 0.497 e. The number of nitrogen functional groups attached to an aromatic ring is 1.